The Bertz CT molecular complexity index is 536. The van der Waals surface area contributed by atoms with Crippen molar-refractivity contribution in [3.05, 3.63) is 22.9 Å². The molecule has 0 radical (unpaired) electrons. The number of carbonyl (C=O) groups excluding carboxylic acids is 1. The molecule has 0 unspecified atom stereocenters. The van der Waals surface area contributed by atoms with Gasteiger partial charge >= 0.3 is 12.3 Å². The molecule has 124 valence electrons. The highest BCUT2D eigenvalue weighted by Gasteiger charge is 2.33. The van der Waals surface area contributed by atoms with Gasteiger partial charge in [-0.1, -0.05) is 0 Å². The summed E-state index contributed by atoms with van der Waals surface area (Å²) < 4.78 is 71.0. The lowest BCUT2D eigenvalue weighted by molar-refractivity contribution is -0.276. The second-order valence-corrected chi connectivity index (χ2v) is 4.21. The van der Waals surface area contributed by atoms with E-state index in [1.54, 1.807) is 0 Å². The average Bonchev–Trinajstić information content (AvgIpc) is 2.35. The summed E-state index contributed by atoms with van der Waals surface area (Å²) in [5.41, 5.74) is -1.56. The molecule has 0 aliphatic carbocycles. The van der Waals surface area contributed by atoms with Crippen molar-refractivity contribution in [3.8, 4) is 5.88 Å². The number of nitrogens with zero attached hydrogens (tertiary/aromatic N) is 1. The van der Waals surface area contributed by atoms with E-state index in [0.717, 1.165) is 0 Å². The highest BCUT2D eigenvalue weighted by molar-refractivity contribution is 6.17. The van der Waals surface area contributed by atoms with Crippen molar-refractivity contribution in [2.75, 3.05) is 6.61 Å². The number of halogens is 6. The highest BCUT2D eigenvalue weighted by Crippen LogP contribution is 2.32. The summed E-state index contributed by atoms with van der Waals surface area (Å²) in [6.45, 7) is 1.50. The van der Waals surface area contributed by atoms with Crippen LogP contribution in [0.3, 0.4) is 0 Å². The molecule has 1 aromatic rings. The molecule has 1 rings (SSSR count). The maximum atomic E-state index is 13.1. The normalized spacial score (nSPS) is 11.6. The van der Waals surface area contributed by atoms with Gasteiger partial charge in [0.25, 0.3) is 6.43 Å². The summed E-state index contributed by atoms with van der Waals surface area (Å²) in [6.07, 6.45) is -8.76. The SMILES string of the molecule is CCOC(=O)Cc1cc(OC(F)(F)F)nc(CCl)c1C(F)F. The first-order valence-corrected chi connectivity index (χ1v) is 6.49. The molecule has 0 bridgehead atoms. The minimum absolute atomic E-state index is 0.00218. The van der Waals surface area contributed by atoms with E-state index in [1.807, 2.05) is 0 Å². The minimum Gasteiger partial charge on any atom is -0.466 e. The van der Waals surface area contributed by atoms with Gasteiger partial charge in [-0.25, -0.2) is 13.8 Å². The van der Waals surface area contributed by atoms with Crippen molar-refractivity contribution in [1.82, 2.24) is 4.98 Å². The molecule has 22 heavy (non-hydrogen) atoms. The van der Waals surface area contributed by atoms with Crippen LogP contribution in [0.2, 0.25) is 0 Å². The van der Waals surface area contributed by atoms with Crippen LogP contribution >= 0.6 is 11.6 Å². The molecular weight excluding hydrogens is 337 g/mol. The van der Waals surface area contributed by atoms with E-state index in [-0.39, 0.29) is 12.2 Å². The topological polar surface area (TPSA) is 48.4 Å². The smallest absolute Gasteiger partial charge is 0.466 e. The fourth-order valence-corrected chi connectivity index (χ4v) is 1.89. The quantitative estimate of drug-likeness (QED) is 0.446. The molecule has 0 amide bonds. The predicted octanol–water partition coefficient (Wildman–Crippen LogP) is 3.76. The molecule has 0 atom stereocenters. The largest absolute Gasteiger partial charge is 0.574 e. The summed E-state index contributed by atoms with van der Waals surface area (Å²) in [5, 5.41) is 0. The molecule has 0 aliphatic heterocycles. The molecule has 4 nitrogen and oxygen atoms in total. The second kappa shape index (κ2) is 7.57. The Labute approximate surface area is 127 Å². The van der Waals surface area contributed by atoms with Crippen molar-refractivity contribution < 1.29 is 36.2 Å². The zero-order valence-electron chi connectivity index (χ0n) is 11.2. The van der Waals surface area contributed by atoms with Gasteiger partial charge in [-0.2, -0.15) is 0 Å². The monoisotopic (exact) mass is 347 g/mol. The van der Waals surface area contributed by atoms with Gasteiger partial charge in [0.2, 0.25) is 5.88 Å². The molecule has 0 N–H and O–H groups in total. The van der Waals surface area contributed by atoms with Crippen molar-refractivity contribution >= 4 is 17.6 Å². The van der Waals surface area contributed by atoms with Crippen molar-refractivity contribution in [2.24, 2.45) is 0 Å². The molecule has 1 aromatic heterocycles. The number of esters is 1. The first-order chi connectivity index (χ1) is 10.2. The molecule has 1 heterocycles. The van der Waals surface area contributed by atoms with Crippen molar-refractivity contribution in [1.29, 1.82) is 0 Å². The zero-order chi connectivity index (χ0) is 16.9. The van der Waals surface area contributed by atoms with Crippen molar-refractivity contribution in [3.63, 3.8) is 0 Å². The van der Waals surface area contributed by atoms with Gasteiger partial charge in [-0.05, 0) is 12.5 Å². The van der Waals surface area contributed by atoms with Gasteiger partial charge in [0.05, 0.1) is 24.6 Å². The first-order valence-electron chi connectivity index (χ1n) is 5.96. The van der Waals surface area contributed by atoms with Crippen LogP contribution in [-0.4, -0.2) is 23.9 Å². The van der Waals surface area contributed by atoms with Crippen LogP contribution in [0.25, 0.3) is 0 Å². The second-order valence-electron chi connectivity index (χ2n) is 3.94. The van der Waals surface area contributed by atoms with Crippen LogP contribution in [0, 0.1) is 0 Å². The molecular formula is C12H11ClF5NO3. The van der Waals surface area contributed by atoms with Crippen LogP contribution in [-0.2, 0) is 21.8 Å². The number of carbonyl (C=O) groups is 1. The third-order valence-corrected chi connectivity index (χ3v) is 2.66. The third kappa shape index (κ3) is 5.28. The summed E-state index contributed by atoms with van der Waals surface area (Å²) in [4.78, 5) is 14.7. The van der Waals surface area contributed by atoms with Crippen LogP contribution in [0.1, 0.15) is 30.2 Å². The van der Waals surface area contributed by atoms with E-state index in [1.165, 1.54) is 6.92 Å². The predicted molar refractivity (Wildman–Crippen MR) is 65.8 cm³/mol. The summed E-state index contributed by atoms with van der Waals surface area (Å²) in [5.74, 6) is -2.40. The summed E-state index contributed by atoms with van der Waals surface area (Å²) in [6, 6.07) is 0.627. The lowest BCUT2D eigenvalue weighted by Crippen LogP contribution is -2.19. The first kappa shape index (κ1) is 18.4. The Kier molecular flexibility index (Phi) is 6.34. The molecule has 0 aromatic carbocycles. The van der Waals surface area contributed by atoms with Gasteiger partial charge in [0, 0.05) is 11.6 Å². The summed E-state index contributed by atoms with van der Waals surface area (Å²) >= 11 is 5.44. The van der Waals surface area contributed by atoms with Gasteiger partial charge in [0.1, 0.15) is 0 Å². The van der Waals surface area contributed by atoms with Crippen LogP contribution in [0.4, 0.5) is 22.0 Å². The van der Waals surface area contributed by atoms with E-state index in [2.05, 4.69) is 14.5 Å². The van der Waals surface area contributed by atoms with Gasteiger partial charge in [-0.3, -0.25) is 4.79 Å². The lowest BCUT2D eigenvalue weighted by atomic mass is 10.0. The number of rotatable bonds is 6. The Morgan fingerprint density at radius 2 is 2.05 bits per heavy atom. The van der Waals surface area contributed by atoms with Gasteiger partial charge in [0.15, 0.2) is 0 Å². The fourth-order valence-electron chi connectivity index (χ4n) is 1.69. The van der Waals surface area contributed by atoms with Crippen LogP contribution in [0.15, 0.2) is 6.07 Å². The molecule has 0 aliphatic rings. The Morgan fingerprint density at radius 3 is 2.50 bits per heavy atom. The molecule has 0 spiro atoms. The van der Waals surface area contributed by atoms with Gasteiger partial charge < -0.3 is 9.47 Å². The van der Waals surface area contributed by atoms with Crippen LogP contribution in [0.5, 0.6) is 5.88 Å². The van der Waals surface area contributed by atoms with E-state index < -0.39 is 48.2 Å². The Hall–Kier alpha value is -1.64. The molecule has 10 heteroatoms. The average molecular weight is 348 g/mol. The standard InChI is InChI=1S/C12H11ClF5NO3/c1-2-21-9(20)4-6-3-8(22-12(16,17)18)19-7(5-13)10(6)11(14)15/h3,11H,2,4-5H2,1H3. The number of aromatic nitrogens is 1. The molecule has 0 saturated heterocycles. The van der Waals surface area contributed by atoms with Crippen molar-refractivity contribution in [2.45, 2.75) is 32.0 Å². The Balaban J connectivity index is 3.28. The van der Waals surface area contributed by atoms with E-state index >= 15 is 0 Å². The van der Waals surface area contributed by atoms with E-state index in [0.29, 0.717) is 6.07 Å². The van der Waals surface area contributed by atoms with E-state index in [9.17, 15) is 26.7 Å². The van der Waals surface area contributed by atoms with E-state index in [4.69, 9.17) is 11.6 Å². The molecule has 0 saturated carbocycles. The number of ether oxygens (including phenoxy) is 2. The highest BCUT2D eigenvalue weighted by atomic mass is 35.5. The third-order valence-electron chi connectivity index (χ3n) is 2.40. The zero-order valence-corrected chi connectivity index (χ0v) is 12.0. The molecule has 0 fully saturated rings. The maximum absolute atomic E-state index is 13.1. The summed E-state index contributed by atoms with van der Waals surface area (Å²) in [7, 11) is 0. The Morgan fingerprint density at radius 1 is 1.41 bits per heavy atom. The maximum Gasteiger partial charge on any atom is 0.574 e. The number of hydrogen-bond donors (Lipinski definition) is 0. The number of pyridine rings is 1. The lowest BCUT2D eigenvalue weighted by Gasteiger charge is -2.15. The minimum atomic E-state index is -5.05. The van der Waals surface area contributed by atoms with Crippen LogP contribution < -0.4 is 4.74 Å². The number of hydrogen-bond acceptors (Lipinski definition) is 4. The van der Waals surface area contributed by atoms with Gasteiger partial charge in [-0.15, -0.1) is 24.8 Å². The number of alkyl halides is 6. The fraction of sp³-hybridized carbons (Fsp3) is 0.500.